The molecule has 5 heteroatoms. The van der Waals surface area contributed by atoms with Gasteiger partial charge in [-0.2, -0.15) is 5.26 Å². The zero-order chi connectivity index (χ0) is 13.7. The van der Waals surface area contributed by atoms with E-state index in [0.717, 1.165) is 17.1 Å². The summed E-state index contributed by atoms with van der Waals surface area (Å²) in [7, 11) is 3.21. The molecule has 0 aliphatic heterocycles. The van der Waals surface area contributed by atoms with Crippen LogP contribution >= 0.6 is 0 Å². The molecule has 1 aromatic heterocycles. The van der Waals surface area contributed by atoms with Crippen LogP contribution in [0.5, 0.6) is 11.5 Å². The van der Waals surface area contributed by atoms with Crippen molar-refractivity contribution in [2.24, 2.45) is 0 Å². The van der Waals surface area contributed by atoms with Gasteiger partial charge in [-0.25, -0.2) is 4.98 Å². The Hall–Kier alpha value is -2.48. The molecule has 0 amide bonds. The zero-order valence-corrected chi connectivity index (χ0v) is 10.9. The third-order valence-corrected chi connectivity index (χ3v) is 2.80. The Bertz CT molecular complexity index is 599. The third kappa shape index (κ3) is 2.86. The number of aryl methyl sites for hydroxylation is 1. The molecule has 0 aliphatic carbocycles. The predicted molar refractivity (Wildman–Crippen MR) is 71.1 cm³/mol. The first kappa shape index (κ1) is 13.0. The van der Waals surface area contributed by atoms with Crippen LogP contribution in [0.2, 0.25) is 0 Å². The van der Waals surface area contributed by atoms with Gasteiger partial charge in [0.15, 0.2) is 11.5 Å². The Morgan fingerprint density at radius 1 is 1.26 bits per heavy atom. The van der Waals surface area contributed by atoms with Crippen molar-refractivity contribution in [3.05, 3.63) is 30.2 Å². The Labute approximate surface area is 111 Å². The van der Waals surface area contributed by atoms with Gasteiger partial charge in [-0.1, -0.05) is 0 Å². The molecule has 0 radical (unpaired) electrons. The molecule has 1 heterocycles. The van der Waals surface area contributed by atoms with Gasteiger partial charge in [0.05, 0.1) is 32.2 Å². The summed E-state index contributed by atoms with van der Waals surface area (Å²) >= 11 is 0. The lowest BCUT2D eigenvalue weighted by Gasteiger charge is -2.08. The monoisotopic (exact) mass is 257 g/mol. The number of hydrogen-bond donors (Lipinski definition) is 1. The molecule has 1 aromatic carbocycles. The van der Waals surface area contributed by atoms with E-state index < -0.39 is 0 Å². The average Bonchev–Trinajstić information content (AvgIpc) is 2.93. The highest BCUT2D eigenvalue weighted by molar-refractivity contribution is 5.63. The summed E-state index contributed by atoms with van der Waals surface area (Å²) in [6.45, 7) is 0. The lowest BCUT2D eigenvalue weighted by Crippen LogP contribution is -1.91. The minimum absolute atomic E-state index is 0.457. The summed E-state index contributed by atoms with van der Waals surface area (Å²) in [6, 6.07) is 7.78. The number of H-pyrrole nitrogens is 1. The van der Waals surface area contributed by atoms with Crippen molar-refractivity contribution in [2.75, 3.05) is 14.2 Å². The largest absolute Gasteiger partial charge is 0.493 e. The minimum Gasteiger partial charge on any atom is -0.493 e. The minimum atomic E-state index is 0.457. The molecule has 2 aromatic rings. The fraction of sp³-hybridized carbons (Fsp3) is 0.286. The van der Waals surface area contributed by atoms with E-state index in [1.54, 1.807) is 20.4 Å². The summed E-state index contributed by atoms with van der Waals surface area (Å²) in [6.07, 6.45) is 2.84. The molecule has 2 rings (SSSR count). The van der Waals surface area contributed by atoms with Gasteiger partial charge in [0.2, 0.25) is 0 Å². The molecule has 0 saturated heterocycles. The van der Waals surface area contributed by atoms with E-state index in [1.165, 1.54) is 0 Å². The summed E-state index contributed by atoms with van der Waals surface area (Å²) in [5, 5.41) is 8.56. The van der Waals surface area contributed by atoms with Gasteiger partial charge in [-0.15, -0.1) is 0 Å². The quantitative estimate of drug-likeness (QED) is 0.893. The van der Waals surface area contributed by atoms with E-state index in [1.807, 2.05) is 18.2 Å². The number of benzene rings is 1. The van der Waals surface area contributed by atoms with Crippen molar-refractivity contribution in [3.8, 4) is 28.8 Å². The molecule has 0 aliphatic rings. The normalized spacial score (nSPS) is 9.95. The van der Waals surface area contributed by atoms with Gasteiger partial charge in [0, 0.05) is 18.4 Å². The number of methoxy groups -OCH3 is 2. The molecule has 1 N–H and O–H groups in total. The zero-order valence-electron chi connectivity index (χ0n) is 10.9. The molecule has 19 heavy (non-hydrogen) atoms. The number of ether oxygens (including phenoxy) is 2. The maximum absolute atomic E-state index is 8.56. The third-order valence-electron chi connectivity index (χ3n) is 2.80. The summed E-state index contributed by atoms with van der Waals surface area (Å²) in [5.74, 6) is 2.18. The van der Waals surface area contributed by atoms with Crippen LogP contribution in [-0.4, -0.2) is 24.2 Å². The molecular formula is C14H15N3O2. The highest BCUT2D eigenvalue weighted by Gasteiger charge is 2.08. The van der Waals surface area contributed by atoms with Crippen LogP contribution in [0.3, 0.4) is 0 Å². The van der Waals surface area contributed by atoms with E-state index in [-0.39, 0.29) is 0 Å². The maximum Gasteiger partial charge on any atom is 0.161 e. The van der Waals surface area contributed by atoms with E-state index in [0.29, 0.717) is 24.3 Å². The van der Waals surface area contributed by atoms with Crippen molar-refractivity contribution in [2.45, 2.75) is 12.8 Å². The second kappa shape index (κ2) is 5.91. The predicted octanol–water partition coefficient (Wildman–Crippen LogP) is 2.55. The van der Waals surface area contributed by atoms with Crippen molar-refractivity contribution >= 4 is 0 Å². The number of nitrogens with zero attached hydrogens (tertiary/aromatic N) is 2. The van der Waals surface area contributed by atoms with Crippen LogP contribution in [0, 0.1) is 11.3 Å². The van der Waals surface area contributed by atoms with Crippen LogP contribution in [-0.2, 0) is 6.42 Å². The van der Waals surface area contributed by atoms with Crippen LogP contribution in [0.25, 0.3) is 11.3 Å². The highest BCUT2D eigenvalue weighted by atomic mass is 16.5. The Balaban J connectivity index is 2.26. The number of aromatic amines is 1. The smallest absolute Gasteiger partial charge is 0.161 e. The number of imidazole rings is 1. The van der Waals surface area contributed by atoms with Crippen LogP contribution in [0.4, 0.5) is 0 Å². The second-order valence-corrected chi connectivity index (χ2v) is 3.97. The van der Waals surface area contributed by atoms with Crippen LogP contribution < -0.4 is 9.47 Å². The fourth-order valence-electron chi connectivity index (χ4n) is 1.81. The van der Waals surface area contributed by atoms with Gasteiger partial charge in [-0.05, 0) is 18.2 Å². The van der Waals surface area contributed by atoms with Gasteiger partial charge < -0.3 is 14.5 Å². The summed E-state index contributed by atoms with van der Waals surface area (Å²) < 4.78 is 10.5. The first-order chi connectivity index (χ1) is 9.28. The Kier molecular flexibility index (Phi) is 4.04. The van der Waals surface area contributed by atoms with Crippen LogP contribution in [0.1, 0.15) is 12.2 Å². The highest BCUT2D eigenvalue weighted by Crippen LogP contribution is 2.31. The SMILES string of the molecule is COc1ccc(-c2cnc(CCC#N)[nH]2)cc1OC. The topological polar surface area (TPSA) is 70.9 Å². The van der Waals surface area contributed by atoms with Crippen molar-refractivity contribution < 1.29 is 9.47 Å². The van der Waals surface area contributed by atoms with Crippen molar-refractivity contribution in [1.29, 1.82) is 5.26 Å². The Morgan fingerprint density at radius 3 is 2.74 bits per heavy atom. The number of hydrogen-bond acceptors (Lipinski definition) is 4. The van der Waals surface area contributed by atoms with Gasteiger partial charge in [0.1, 0.15) is 5.82 Å². The molecule has 0 saturated carbocycles. The Morgan fingerprint density at radius 2 is 2.05 bits per heavy atom. The van der Waals surface area contributed by atoms with Crippen LogP contribution in [0.15, 0.2) is 24.4 Å². The molecule has 5 nitrogen and oxygen atoms in total. The molecule has 0 bridgehead atoms. The number of aromatic nitrogens is 2. The van der Waals surface area contributed by atoms with Gasteiger partial charge in [-0.3, -0.25) is 0 Å². The number of nitriles is 1. The number of nitrogens with one attached hydrogen (secondary N) is 1. The lowest BCUT2D eigenvalue weighted by molar-refractivity contribution is 0.355. The van der Waals surface area contributed by atoms with E-state index in [9.17, 15) is 0 Å². The first-order valence-electron chi connectivity index (χ1n) is 5.91. The van der Waals surface area contributed by atoms with E-state index in [4.69, 9.17) is 14.7 Å². The van der Waals surface area contributed by atoms with Gasteiger partial charge >= 0.3 is 0 Å². The molecular weight excluding hydrogens is 242 g/mol. The van der Waals surface area contributed by atoms with E-state index in [2.05, 4.69) is 16.0 Å². The average molecular weight is 257 g/mol. The molecule has 0 spiro atoms. The fourth-order valence-corrected chi connectivity index (χ4v) is 1.81. The van der Waals surface area contributed by atoms with Gasteiger partial charge in [0.25, 0.3) is 0 Å². The van der Waals surface area contributed by atoms with E-state index >= 15 is 0 Å². The summed E-state index contributed by atoms with van der Waals surface area (Å²) in [5.41, 5.74) is 1.86. The standard InChI is InChI=1S/C14H15N3O2/c1-18-12-6-5-10(8-13(12)19-2)11-9-16-14(17-11)4-3-7-15/h5-6,8-9H,3-4H2,1-2H3,(H,16,17). The summed E-state index contributed by atoms with van der Waals surface area (Å²) in [4.78, 5) is 7.44. The maximum atomic E-state index is 8.56. The van der Waals surface area contributed by atoms with Crippen molar-refractivity contribution in [3.63, 3.8) is 0 Å². The molecule has 98 valence electrons. The molecule has 0 fully saturated rings. The van der Waals surface area contributed by atoms with Crippen molar-refractivity contribution in [1.82, 2.24) is 9.97 Å². The molecule has 0 atom stereocenters. The number of rotatable bonds is 5. The second-order valence-electron chi connectivity index (χ2n) is 3.97. The first-order valence-corrected chi connectivity index (χ1v) is 5.91. The lowest BCUT2D eigenvalue weighted by atomic mass is 10.1. The molecule has 0 unspecified atom stereocenters.